The van der Waals surface area contributed by atoms with E-state index in [1.165, 1.54) is 0 Å². The second-order valence-electron chi connectivity index (χ2n) is 4.75. The Labute approximate surface area is 141 Å². The fourth-order valence-electron chi connectivity index (χ4n) is 1.18. The maximum absolute atomic E-state index is 13.1. The summed E-state index contributed by atoms with van der Waals surface area (Å²) in [5.41, 5.74) is 0. The van der Waals surface area contributed by atoms with E-state index in [0.717, 1.165) is 0 Å². The van der Waals surface area contributed by atoms with E-state index >= 15 is 0 Å². The van der Waals surface area contributed by atoms with Crippen LogP contribution in [0.25, 0.3) is 0 Å². The minimum atomic E-state index is -6.95. The first-order chi connectivity index (χ1) is 11.4. The number of carboxylic acids is 1. The number of esters is 1. The molecule has 1 N–H and O–H groups in total. The van der Waals surface area contributed by atoms with E-state index in [1.54, 1.807) is 6.92 Å². The molecule has 0 saturated carbocycles. The molecule has 0 radical (unpaired) electrons. The van der Waals surface area contributed by atoms with Crippen LogP contribution in [0, 0.1) is 0 Å². The highest BCUT2D eigenvalue weighted by Crippen LogP contribution is 2.54. The van der Waals surface area contributed by atoms with Gasteiger partial charge in [0.15, 0.2) is 0 Å². The molecule has 1 unspecified atom stereocenters. The molecule has 0 aromatic heterocycles. The molecule has 0 heterocycles. The predicted molar refractivity (Wildman–Crippen MR) is 69.2 cm³/mol. The number of carboxylic acid groups (broad SMARTS) is 1. The molecule has 0 rings (SSSR count). The van der Waals surface area contributed by atoms with Crippen molar-refractivity contribution in [3.05, 3.63) is 12.7 Å². The Morgan fingerprint density at radius 2 is 1.42 bits per heavy atom. The maximum atomic E-state index is 13.1. The zero-order valence-electron chi connectivity index (χ0n) is 13.3. The largest absolute Gasteiger partial charge is 0.481 e. The van der Waals surface area contributed by atoms with Crippen molar-refractivity contribution in [2.24, 2.45) is 0 Å². The standard InChI is InChI=1S/C10H9F9O2.C3H6O2/c1-3-6(20)21-5(2)4-7(11,12)8(13,14)9(15,16)10(17,18)19;1-2-3(4)5/h3,5H,1,4H2,2H3;2H2,1H3,(H,4,5). The average Bonchev–Trinajstić information content (AvgIpc) is 2.45. The average molecular weight is 406 g/mol. The van der Waals surface area contributed by atoms with Crippen LogP contribution in [0.5, 0.6) is 0 Å². The molecule has 0 fully saturated rings. The molecular formula is C13H15F9O4. The van der Waals surface area contributed by atoms with Gasteiger partial charge in [-0.05, 0) is 6.92 Å². The number of hydrogen-bond acceptors (Lipinski definition) is 3. The Hall–Kier alpha value is -1.95. The van der Waals surface area contributed by atoms with Gasteiger partial charge in [-0.2, -0.15) is 39.5 Å². The molecule has 0 aliphatic rings. The van der Waals surface area contributed by atoms with Crippen LogP contribution in [-0.4, -0.2) is 47.1 Å². The van der Waals surface area contributed by atoms with Crippen LogP contribution in [0.4, 0.5) is 39.5 Å². The van der Waals surface area contributed by atoms with Gasteiger partial charge in [0.1, 0.15) is 6.10 Å². The van der Waals surface area contributed by atoms with Crippen molar-refractivity contribution in [3.8, 4) is 0 Å². The van der Waals surface area contributed by atoms with E-state index in [2.05, 4.69) is 11.3 Å². The molecular weight excluding hydrogens is 391 g/mol. The zero-order valence-corrected chi connectivity index (χ0v) is 13.3. The summed E-state index contributed by atoms with van der Waals surface area (Å²) in [5.74, 6) is -21.5. The lowest BCUT2D eigenvalue weighted by Crippen LogP contribution is -2.61. The Bertz CT molecular complexity index is 500. The van der Waals surface area contributed by atoms with E-state index < -0.39 is 48.4 Å². The second kappa shape index (κ2) is 9.12. The summed E-state index contributed by atoms with van der Waals surface area (Å²) >= 11 is 0. The van der Waals surface area contributed by atoms with Gasteiger partial charge in [-0.25, -0.2) is 4.79 Å². The fourth-order valence-corrected chi connectivity index (χ4v) is 1.18. The zero-order chi connectivity index (χ0) is 21.6. The number of hydrogen-bond donors (Lipinski definition) is 1. The molecule has 0 amide bonds. The summed E-state index contributed by atoms with van der Waals surface area (Å²) < 4.78 is 116. The number of rotatable bonds is 7. The molecule has 0 aliphatic heterocycles. The Morgan fingerprint density at radius 1 is 1.04 bits per heavy atom. The molecule has 4 nitrogen and oxygen atoms in total. The van der Waals surface area contributed by atoms with Gasteiger partial charge in [0.25, 0.3) is 0 Å². The van der Waals surface area contributed by atoms with E-state index in [1.807, 2.05) is 0 Å². The molecule has 0 aliphatic carbocycles. The van der Waals surface area contributed by atoms with Gasteiger partial charge in [-0.1, -0.05) is 13.5 Å². The lowest BCUT2D eigenvalue weighted by Gasteiger charge is -2.34. The van der Waals surface area contributed by atoms with Crippen LogP contribution in [0.2, 0.25) is 0 Å². The Morgan fingerprint density at radius 3 is 1.69 bits per heavy atom. The number of halogens is 9. The van der Waals surface area contributed by atoms with E-state index in [9.17, 15) is 49.1 Å². The molecule has 13 heteroatoms. The summed E-state index contributed by atoms with van der Waals surface area (Å²) in [5, 5.41) is 7.72. The summed E-state index contributed by atoms with van der Waals surface area (Å²) in [4.78, 5) is 20.0. The molecule has 154 valence electrons. The fraction of sp³-hybridized carbons (Fsp3) is 0.692. The number of ether oxygens (including phenoxy) is 1. The van der Waals surface area contributed by atoms with Gasteiger partial charge in [-0.15, -0.1) is 0 Å². The van der Waals surface area contributed by atoms with Gasteiger partial charge in [0.05, 0.1) is 6.42 Å². The maximum Gasteiger partial charge on any atom is 0.460 e. The molecule has 0 spiro atoms. The highest BCUT2D eigenvalue weighted by molar-refractivity contribution is 5.81. The van der Waals surface area contributed by atoms with Gasteiger partial charge in [0.2, 0.25) is 0 Å². The minimum Gasteiger partial charge on any atom is -0.481 e. The number of aliphatic carboxylic acids is 1. The van der Waals surface area contributed by atoms with Crippen LogP contribution in [0.3, 0.4) is 0 Å². The van der Waals surface area contributed by atoms with Gasteiger partial charge >= 0.3 is 35.9 Å². The van der Waals surface area contributed by atoms with Gasteiger partial charge in [-0.3, -0.25) is 4.79 Å². The molecule has 0 aromatic rings. The van der Waals surface area contributed by atoms with Crippen LogP contribution in [0.1, 0.15) is 26.7 Å². The predicted octanol–water partition coefficient (Wildman–Crippen LogP) is 4.44. The Kier molecular flexibility index (Phi) is 9.22. The first-order valence-electron chi connectivity index (χ1n) is 6.62. The third-order valence-electron chi connectivity index (χ3n) is 2.54. The lowest BCUT2D eigenvalue weighted by atomic mass is 9.99. The van der Waals surface area contributed by atoms with Crippen LogP contribution < -0.4 is 0 Å². The van der Waals surface area contributed by atoms with Crippen LogP contribution >= 0.6 is 0 Å². The van der Waals surface area contributed by atoms with Crippen molar-refractivity contribution in [1.82, 2.24) is 0 Å². The molecule has 26 heavy (non-hydrogen) atoms. The third-order valence-corrected chi connectivity index (χ3v) is 2.54. The second-order valence-corrected chi connectivity index (χ2v) is 4.75. The van der Waals surface area contributed by atoms with Crippen molar-refractivity contribution in [2.75, 3.05) is 0 Å². The van der Waals surface area contributed by atoms with E-state index in [0.29, 0.717) is 13.0 Å². The van der Waals surface area contributed by atoms with Crippen LogP contribution in [-0.2, 0) is 14.3 Å². The van der Waals surface area contributed by atoms with Gasteiger partial charge < -0.3 is 9.84 Å². The SMILES string of the molecule is C=CC(=O)OC(C)CC(F)(F)C(F)(F)C(F)(F)C(F)(F)F.CCC(=O)O. The van der Waals surface area contributed by atoms with Crippen molar-refractivity contribution in [1.29, 1.82) is 0 Å². The molecule has 0 bridgehead atoms. The highest BCUT2D eigenvalue weighted by Gasteiger charge is 2.81. The summed E-state index contributed by atoms with van der Waals surface area (Å²) in [6, 6.07) is 0. The molecule has 1 atom stereocenters. The summed E-state index contributed by atoms with van der Waals surface area (Å²) in [7, 11) is 0. The van der Waals surface area contributed by atoms with Crippen molar-refractivity contribution in [2.45, 2.75) is 56.7 Å². The van der Waals surface area contributed by atoms with E-state index in [-0.39, 0.29) is 6.42 Å². The van der Waals surface area contributed by atoms with Crippen molar-refractivity contribution < 1.29 is 58.9 Å². The smallest absolute Gasteiger partial charge is 0.460 e. The quantitative estimate of drug-likeness (QED) is 0.386. The lowest BCUT2D eigenvalue weighted by molar-refractivity contribution is -0.398. The summed E-state index contributed by atoms with van der Waals surface area (Å²) in [6.07, 6.45) is -10.5. The van der Waals surface area contributed by atoms with E-state index in [4.69, 9.17) is 5.11 Å². The molecule has 0 saturated heterocycles. The Balaban J connectivity index is 0. The first kappa shape index (κ1) is 26.3. The highest BCUT2D eigenvalue weighted by atomic mass is 19.4. The topological polar surface area (TPSA) is 63.6 Å². The number of alkyl halides is 9. The number of carbonyl (C=O) groups is 2. The summed E-state index contributed by atoms with van der Waals surface area (Å²) in [6.45, 7) is 5.07. The van der Waals surface area contributed by atoms with Crippen LogP contribution in [0.15, 0.2) is 12.7 Å². The monoisotopic (exact) mass is 406 g/mol. The van der Waals surface area contributed by atoms with Crippen molar-refractivity contribution in [3.63, 3.8) is 0 Å². The normalized spacial score (nSPS) is 14.0. The van der Waals surface area contributed by atoms with Crippen molar-refractivity contribution >= 4 is 11.9 Å². The molecule has 0 aromatic carbocycles. The first-order valence-corrected chi connectivity index (χ1v) is 6.62. The minimum absolute atomic E-state index is 0.222. The third kappa shape index (κ3) is 6.75. The number of carbonyl (C=O) groups excluding carboxylic acids is 1. The van der Waals surface area contributed by atoms with Gasteiger partial charge in [0, 0.05) is 12.5 Å².